The quantitative estimate of drug-likeness (QED) is 0.658. The number of rotatable bonds is 4. The van der Waals surface area contributed by atoms with Gasteiger partial charge in [-0.3, -0.25) is 4.79 Å². The fourth-order valence-corrected chi connectivity index (χ4v) is 4.56. The van der Waals surface area contributed by atoms with Gasteiger partial charge in [-0.15, -0.1) is 11.3 Å². The van der Waals surface area contributed by atoms with Crippen LogP contribution in [0.4, 0.5) is 14.9 Å². The first-order valence-electron chi connectivity index (χ1n) is 8.47. The van der Waals surface area contributed by atoms with Crippen molar-refractivity contribution in [2.45, 2.75) is 25.2 Å². The highest BCUT2D eigenvalue weighted by Crippen LogP contribution is 2.45. The van der Waals surface area contributed by atoms with Crippen LogP contribution in [-0.2, 0) is 0 Å². The molecule has 8 heteroatoms. The van der Waals surface area contributed by atoms with E-state index < -0.39 is 11.9 Å². The molecule has 1 unspecified atom stereocenters. The summed E-state index contributed by atoms with van der Waals surface area (Å²) in [4.78, 5) is 24.5. The second-order valence-corrected chi connectivity index (χ2v) is 7.33. The molecule has 0 radical (unpaired) electrons. The van der Waals surface area contributed by atoms with Crippen LogP contribution < -0.4 is 22.1 Å². The third kappa shape index (κ3) is 3.86. The standard InChI is InChI=1S/C18H21FN4O2S/c19-12-6-3-5-10(8-12)15-13(11-4-1-2-7-22-9-11)14(23-18(21)25)16(26-15)17(20)24/h3,5-6,8,11,22H,1-2,4,7,9H2,(H2,20,24)(H3,21,23,25). The predicted molar refractivity (Wildman–Crippen MR) is 101 cm³/mol. The van der Waals surface area contributed by atoms with Crippen LogP contribution in [0.25, 0.3) is 10.4 Å². The van der Waals surface area contributed by atoms with Crippen molar-refractivity contribution in [3.63, 3.8) is 0 Å². The van der Waals surface area contributed by atoms with Gasteiger partial charge in [0.1, 0.15) is 10.7 Å². The molecule has 0 aliphatic carbocycles. The minimum Gasteiger partial charge on any atom is -0.365 e. The molecule has 3 amide bonds. The molecule has 138 valence electrons. The number of hydrogen-bond donors (Lipinski definition) is 4. The van der Waals surface area contributed by atoms with Gasteiger partial charge in [0.2, 0.25) is 0 Å². The Balaban J connectivity index is 2.21. The van der Waals surface area contributed by atoms with Crippen molar-refractivity contribution in [3.05, 3.63) is 40.5 Å². The lowest BCUT2D eigenvalue weighted by molar-refractivity contribution is 0.100. The SMILES string of the molecule is NC(=O)Nc1c(C(N)=O)sc(-c2cccc(F)c2)c1C1CCCCNC1. The fourth-order valence-electron chi connectivity index (χ4n) is 3.36. The molecule has 2 aromatic rings. The Morgan fingerprint density at radius 1 is 1.27 bits per heavy atom. The van der Waals surface area contributed by atoms with Gasteiger partial charge in [0, 0.05) is 11.4 Å². The van der Waals surface area contributed by atoms with E-state index in [1.165, 1.54) is 12.1 Å². The molecule has 0 spiro atoms. The van der Waals surface area contributed by atoms with Crippen LogP contribution in [0, 0.1) is 5.82 Å². The van der Waals surface area contributed by atoms with E-state index in [9.17, 15) is 14.0 Å². The fraction of sp³-hybridized carbons (Fsp3) is 0.333. The first-order valence-corrected chi connectivity index (χ1v) is 9.28. The molecule has 1 aliphatic rings. The number of thiophene rings is 1. The number of halogens is 1. The topological polar surface area (TPSA) is 110 Å². The normalized spacial score (nSPS) is 17.5. The number of nitrogens with two attached hydrogens (primary N) is 2. The first-order chi connectivity index (χ1) is 12.5. The number of benzene rings is 1. The van der Waals surface area contributed by atoms with Crippen molar-refractivity contribution in [1.82, 2.24) is 5.32 Å². The van der Waals surface area contributed by atoms with Crippen LogP contribution in [0.3, 0.4) is 0 Å². The minimum absolute atomic E-state index is 0.0574. The largest absolute Gasteiger partial charge is 0.365 e. The first kappa shape index (κ1) is 18.3. The molecule has 0 bridgehead atoms. The van der Waals surface area contributed by atoms with Crippen molar-refractivity contribution < 1.29 is 14.0 Å². The van der Waals surface area contributed by atoms with Gasteiger partial charge in [0.05, 0.1) is 5.69 Å². The highest BCUT2D eigenvalue weighted by atomic mass is 32.1. The van der Waals surface area contributed by atoms with Crippen LogP contribution in [0.15, 0.2) is 24.3 Å². The van der Waals surface area contributed by atoms with Gasteiger partial charge in [-0.1, -0.05) is 18.6 Å². The zero-order valence-corrected chi connectivity index (χ0v) is 15.0. The summed E-state index contributed by atoms with van der Waals surface area (Å²) in [5.41, 5.74) is 12.6. The van der Waals surface area contributed by atoms with Crippen LogP contribution >= 0.6 is 11.3 Å². The van der Waals surface area contributed by atoms with Crippen molar-refractivity contribution in [2.75, 3.05) is 18.4 Å². The highest BCUT2D eigenvalue weighted by Gasteiger charge is 2.29. The summed E-state index contributed by atoms with van der Waals surface area (Å²) in [6.07, 6.45) is 2.95. The van der Waals surface area contributed by atoms with Gasteiger partial charge in [0.15, 0.2) is 0 Å². The summed E-state index contributed by atoms with van der Waals surface area (Å²) in [6.45, 7) is 1.61. The van der Waals surface area contributed by atoms with E-state index in [1.54, 1.807) is 12.1 Å². The monoisotopic (exact) mass is 376 g/mol. The molecule has 1 aliphatic heterocycles. The molecule has 6 nitrogen and oxygen atoms in total. The number of carbonyl (C=O) groups excluding carboxylic acids is 2. The molecule has 26 heavy (non-hydrogen) atoms. The molecular weight excluding hydrogens is 355 g/mol. The zero-order valence-electron chi connectivity index (χ0n) is 14.2. The van der Waals surface area contributed by atoms with Gasteiger partial charge < -0.3 is 22.1 Å². The van der Waals surface area contributed by atoms with Crippen LogP contribution in [0.1, 0.15) is 40.4 Å². The predicted octanol–water partition coefficient (Wildman–Crippen LogP) is 3.00. The molecule has 0 saturated carbocycles. The Labute approximate surface area is 154 Å². The maximum Gasteiger partial charge on any atom is 0.316 e. The van der Waals surface area contributed by atoms with Crippen molar-refractivity contribution in [1.29, 1.82) is 0 Å². The van der Waals surface area contributed by atoms with Gasteiger partial charge in [0.25, 0.3) is 5.91 Å². The van der Waals surface area contributed by atoms with Gasteiger partial charge >= 0.3 is 6.03 Å². The van der Waals surface area contributed by atoms with Gasteiger partial charge in [-0.25, -0.2) is 9.18 Å². The molecule has 2 heterocycles. The minimum atomic E-state index is -0.765. The van der Waals surface area contributed by atoms with Gasteiger partial charge in [-0.05, 0) is 48.6 Å². The number of amides is 3. The Bertz CT molecular complexity index is 829. The van der Waals surface area contributed by atoms with Crippen molar-refractivity contribution in [3.8, 4) is 10.4 Å². The van der Waals surface area contributed by atoms with E-state index in [-0.39, 0.29) is 16.6 Å². The van der Waals surface area contributed by atoms with E-state index in [2.05, 4.69) is 10.6 Å². The van der Waals surface area contributed by atoms with Gasteiger partial charge in [-0.2, -0.15) is 0 Å². The summed E-state index contributed by atoms with van der Waals surface area (Å²) in [6, 6.07) is 5.41. The van der Waals surface area contributed by atoms with E-state index in [4.69, 9.17) is 11.5 Å². The maximum absolute atomic E-state index is 13.8. The number of primary amides is 2. The third-order valence-corrected chi connectivity index (χ3v) is 5.73. The average molecular weight is 376 g/mol. The molecule has 3 rings (SSSR count). The summed E-state index contributed by atoms with van der Waals surface area (Å²) >= 11 is 1.16. The Morgan fingerprint density at radius 2 is 2.08 bits per heavy atom. The number of urea groups is 1. The number of carbonyl (C=O) groups is 2. The lowest BCUT2D eigenvalue weighted by atomic mass is 9.91. The number of hydrogen-bond acceptors (Lipinski definition) is 4. The maximum atomic E-state index is 13.8. The molecule has 1 aromatic carbocycles. The van der Waals surface area contributed by atoms with E-state index in [0.29, 0.717) is 17.8 Å². The number of anilines is 1. The molecule has 6 N–H and O–H groups in total. The lowest BCUT2D eigenvalue weighted by Crippen LogP contribution is -2.24. The van der Waals surface area contributed by atoms with E-state index in [1.807, 2.05) is 0 Å². The molecular formula is C18H21FN4O2S. The zero-order chi connectivity index (χ0) is 18.7. The summed E-state index contributed by atoms with van der Waals surface area (Å²) in [5.74, 6) is -0.961. The van der Waals surface area contributed by atoms with Crippen molar-refractivity contribution in [2.24, 2.45) is 11.5 Å². The second kappa shape index (κ2) is 7.84. The van der Waals surface area contributed by atoms with Crippen LogP contribution in [0.5, 0.6) is 0 Å². The summed E-state index contributed by atoms with van der Waals surface area (Å²) in [7, 11) is 0. The van der Waals surface area contributed by atoms with E-state index >= 15 is 0 Å². The smallest absolute Gasteiger partial charge is 0.316 e. The Hall–Kier alpha value is -2.45. The Kier molecular flexibility index (Phi) is 5.53. The summed E-state index contributed by atoms with van der Waals surface area (Å²) < 4.78 is 13.8. The molecule has 1 saturated heterocycles. The molecule has 1 atom stereocenters. The number of nitrogens with one attached hydrogen (secondary N) is 2. The van der Waals surface area contributed by atoms with Crippen molar-refractivity contribution >= 4 is 29.0 Å². The molecule has 1 fully saturated rings. The highest BCUT2D eigenvalue weighted by molar-refractivity contribution is 7.18. The average Bonchev–Trinajstić information content (AvgIpc) is 2.76. The lowest BCUT2D eigenvalue weighted by Gasteiger charge is -2.18. The Morgan fingerprint density at radius 3 is 2.77 bits per heavy atom. The second-order valence-electron chi connectivity index (χ2n) is 6.31. The van der Waals surface area contributed by atoms with E-state index in [0.717, 1.165) is 47.6 Å². The third-order valence-electron chi connectivity index (χ3n) is 4.46. The van der Waals surface area contributed by atoms with Crippen LogP contribution in [0.2, 0.25) is 0 Å². The van der Waals surface area contributed by atoms with Crippen LogP contribution in [-0.4, -0.2) is 25.0 Å². The molecule has 1 aromatic heterocycles. The summed E-state index contributed by atoms with van der Waals surface area (Å²) in [5, 5.41) is 5.95.